The Morgan fingerprint density at radius 1 is 1.56 bits per heavy atom. The van der Waals surface area contributed by atoms with Crippen LogP contribution in [0.2, 0.25) is 5.02 Å². The van der Waals surface area contributed by atoms with Crippen LogP contribution in [0.3, 0.4) is 0 Å². The van der Waals surface area contributed by atoms with Crippen molar-refractivity contribution in [2.24, 2.45) is 0 Å². The minimum absolute atomic E-state index is 0.0534. The summed E-state index contributed by atoms with van der Waals surface area (Å²) in [5.41, 5.74) is 0.621. The number of halogens is 2. The van der Waals surface area contributed by atoms with E-state index in [0.717, 1.165) is 21.5 Å². The second-order valence-electron chi connectivity index (χ2n) is 3.99. The van der Waals surface area contributed by atoms with Gasteiger partial charge in [0.15, 0.2) is 0 Å². The van der Waals surface area contributed by atoms with Crippen LogP contribution in [-0.2, 0) is 0 Å². The van der Waals surface area contributed by atoms with Gasteiger partial charge in [-0.2, -0.15) is 11.8 Å². The fourth-order valence-corrected chi connectivity index (χ4v) is 2.75. The van der Waals surface area contributed by atoms with Gasteiger partial charge >= 0.3 is 0 Å². The van der Waals surface area contributed by atoms with Crippen molar-refractivity contribution in [3.8, 4) is 0 Å². The summed E-state index contributed by atoms with van der Waals surface area (Å²) in [6, 6.07) is 5.56. The summed E-state index contributed by atoms with van der Waals surface area (Å²) in [6.07, 6.45) is 0.988. The average molecular weight is 398 g/mol. The van der Waals surface area contributed by atoms with Gasteiger partial charge in [-0.15, -0.1) is 0 Å². The van der Waals surface area contributed by atoms with Crippen LogP contribution in [0, 0.1) is 3.57 Å². The fraction of sp³-hybridized carbons (Fsp3) is 0.462. The number of rotatable bonds is 6. The fourth-order valence-electron chi connectivity index (χ4n) is 1.42. The molecule has 1 amide bonds. The van der Waals surface area contributed by atoms with Crippen molar-refractivity contribution in [1.29, 1.82) is 0 Å². The third-order valence-corrected chi connectivity index (χ3v) is 4.96. The lowest BCUT2D eigenvalue weighted by molar-refractivity contribution is 0.0939. The van der Waals surface area contributed by atoms with Gasteiger partial charge in [-0.05, 0) is 65.6 Å². The maximum Gasteiger partial charge on any atom is 0.251 e. The molecule has 0 aliphatic rings. The lowest BCUT2D eigenvalue weighted by Gasteiger charge is -2.13. The quantitative estimate of drug-likeness (QED) is 0.575. The third kappa shape index (κ3) is 5.36. The van der Waals surface area contributed by atoms with E-state index in [1.807, 2.05) is 24.8 Å². The number of benzene rings is 1. The van der Waals surface area contributed by atoms with Crippen LogP contribution in [0.25, 0.3) is 0 Å². The topological polar surface area (TPSA) is 29.1 Å². The van der Waals surface area contributed by atoms with Crippen LogP contribution in [-0.4, -0.2) is 23.5 Å². The van der Waals surface area contributed by atoms with E-state index in [1.54, 1.807) is 12.1 Å². The molecule has 1 unspecified atom stereocenters. The van der Waals surface area contributed by atoms with Gasteiger partial charge in [-0.25, -0.2) is 0 Å². The van der Waals surface area contributed by atoms with E-state index in [9.17, 15) is 4.79 Å². The second kappa shape index (κ2) is 8.27. The molecule has 1 aromatic rings. The summed E-state index contributed by atoms with van der Waals surface area (Å²) >= 11 is 10.0. The van der Waals surface area contributed by atoms with Crippen molar-refractivity contribution in [3.63, 3.8) is 0 Å². The Morgan fingerprint density at radius 3 is 2.89 bits per heavy atom. The van der Waals surface area contributed by atoms with Crippen molar-refractivity contribution in [3.05, 3.63) is 32.4 Å². The van der Waals surface area contributed by atoms with Crippen LogP contribution < -0.4 is 5.32 Å². The van der Waals surface area contributed by atoms with Gasteiger partial charge in [0.2, 0.25) is 0 Å². The summed E-state index contributed by atoms with van der Waals surface area (Å²) in [6.45, 7) is 4.17. The lowest BCUT2D eigenvalue weighted by atomic mass is 10.2. The van der Waals surface area contributed by atoms with E-state index in [2.05, 4.69) is 34.8 Å². The van der Waals surface area contributed by atoms with Gasteiger partial charge in [0.1, 0.15) is 0 Å². The average Bonchev–Trinajstić information content (AvgIpc) is 2.33. The molecule has 0 saturated carbocycles. The molecule has 2 nitrogen and oxygen atoms in total. The largest absolute Gasteiger partial charge is 0.350 e. The van der Waals surface area contributed by atoms with Crippen LogP contribution in [0.15, 0.2) is 18.2 Å². The Labute approximate surface area is 131 Å². The monoisotopic (exact) mass is 397 g/mol. The summed E-state index contributed by atoms with van der Waals surface area (Å²) in [7, 11) is 0. The first kappa shape index (κ1) is 16.1. The van der Waals surface area contributed by atoms with E-state index in [0.29, 0.717) is 10.6 Å². The number of amides is 1. The number of thioether (sulfide) groups is 1. The van der Waals surface area contributed by atoms with E-state index >= 15 is 0 Å². The smallest absolute Gasteiger partial charge is 0.251 e. The zero-order chi connectivity index (χ0) is 13.5. The Kier molecular flexibility index (Phi) is 7.41. The summed E-state index contributed by atoms with van der Waals surface area (Å²) in [5.74, 6) is 2.14. The second-order valence-corrected chi connectivity index (χ2v) is 6.95. The molecule has 0 aliphatic heterocycles. The van der Waals surface area contributed by atoms with Gasteiger partial charge in [-0.3, -0.25) is 4.79 Å². The van der Waals surface area contributed by atoms with E-state index in [1.165, 1.54) is 0 Å². The summed E-state index contributed by atoms with van der Waals surface area (Å²) in [5, 5.41) is 3.61. The highest BCUT2D eigenvalue weighted by Gasteiger charge is 2.10. The third-order valence-electron chi connectivity index (χ3n) is 2.46. The molecule has 0 bridgehead atoms. The molecule has 0 aliphatic carbocycles. The van der Waals surface area contributed by atoms with Crippen molar-refractivity contribution >= 4 is 51.9 Å². The van der Waals surface area contributed by atoms with Crippen LogP contribution in [0.1, 0.15) is 30.6 Å². The Bertz CT molecular complexity index is 414. The molecule has 100 valence electrons. The molecule has 0 spiro atoms. The molecule has 0 heterocycles. The first-order valence-electron chi connectivity index (χ1n) is 5.88. The van der Waals surface area contributed by atoms with E-state index in [-0.39, 0.29) is 11.9 Å². The zero-order valence-electron chi connectivity index (χ0n) is 10.5. The molecule has 18 heavy (non-hydrogen) atoms. The molecule has 1 N–H and O–H groups in total. The number of carbonyl (C=O) groups is 1. The van der Waals surface area contributed by atoms with Gasteiger partial charge in [0.05, 0.1) is 5.02 Å². The van der Waals surface area contributed by atoms with Crippen molar-refractivity contribution in [2.45, 2.75) is 26.3 Å². The maximum atomic E-state index is 12.0. The highest BCUT2D eigenvalue weighted by atomic mass is 127. The van der Waals surface area contributed by atoms with Crippen molar-refractivity contribution in [1.82, 2.24) is 5.32 Å². The predicted octanol–water partition coefficient (Wildman–Crippen LogP) is 4.21. The van der Waals surface area contributed by atoms with Gasteiger partial charge < -0.3 is 5.32 Å². The van der Waals surface area contributed by atoms with Crippen LogP contribution in [0.4, 0.5) is 0 Å². The van der Waals surface area contributed by atoms with Crippen molar-refractivity contribution < 1.29 is 4.79 Å². The Balaban J connectivity index is 2.51. The molecule has 1 atom stereocenters. The molecule has 0 aromatic heterocycles. The molecule has 0 radical (unpaired) electrons. The van der Waals surface area contributed by atoms with Crippen molar-refractivity contribution in [2.75, 3.05) is 11.5 Å². The molecule has 0 saturated heterocycles. The van der Waals surface area contributed by atoms with Gasteiger partial charge in [0, 0.05) is 15.2 Å². The first-order chi connectivity index (χ1) is 8.54. The molecule has 5 heteroatoms. The first-order valence-corrected chi connectivity index (χ1v) is 8.49. The standard InChI is InChI=1S/C13H17ClINOS/c1-3-18-7-6-9(2)16-13(17)10-4-5-12(15)11(14)8-10/h4-5,8-9H,3,6-7H2,1-2H3,(H,16,17). The number of nitrogens with one attached hydrogen (secondary N) is 1. The molecule has 0 fully saturated rings. The summed E-state index contributed by atoms with van der Waals surface area (Å²) < 4.78 is 0.957. The Morgan fingerprint density at radius 2 is 2.28 bits per heavy atom. The zero-order valence-corrected chi connectivity index (χ0v) is 14.2. The Hall–Kier alpha value is 0.0600. The van der Waals surface area contributed by atoms with Gasteiger partial charge in [0.25, 0.3) is 5.91 Å². The van der Waals surface area contributed by atoms with E-state index in [4.69, 9.17) is 11.6 Å². The molecular weight excluding hydrogens is 381 g/mol. The lowest BCUT2D eigenvalue weighted by Crippen LogP contribution is -2.32. The highest BCUT2D eigenvalue weighted by molar-refractivity contribution is 14.1. The van der Waals surface area contributed by atoms with Gasteiger partial charge in [-0.1, -0.05) is 18.5 Å². The summed E-state index contributed by atoms with van der Waals surface area (Å²) in [4.78, 5) is 12.0. The number of carbonyl (C=O) groups excluding carboxylic acids is 1. The number of hydrogen-bond donors (Lipinski definition) is 1. The van der Waals surface area contributed by atoms with Crippen LogP contribution >= 0.6 is 46.0 Å². The highest BCUT2D eigenvalue weighted by Crippen LogP contribution is 2.19. The maximum absolute atomic E-state index is 12.0. The molecule has 1 rings (SSSR count). The SMILES string of the molecule is CCSCCC(C)NC(=O)c1ccc(I)c(Cl)c1. The van der Waals surface area contributed by atoms with E-state index < -0.39 is 0 Å². The minimum atomic E-state index is -0.0534. The molecule has 1 aromatic carbocycles. The molecular formula is C13H17ClINOS. The predicted molar refractivity (Wildman–Crippen MR) is 88.7 cm³/mol. The normalized spacial score (nSPS) is 12.2. The van der Waals surface area contributed by atoms with Crippen LogP contribution in [0.5, 0.6) is 0 Å². The minimum Gasteiger partial charge on any atom is -0.350 e. The number of hydrogen-bond acceptors (Lipinski definition) is 2.